The van der Waals surface area contributed by atoms with Crippen molar-refractivity contribution in [3.8, 4) is 0 Å². The number of aliphatic carboxylic acids is 1. The molecule has 1 aliphatic heterocycles. The van der Waals surface area contributed by atoms with E-state index in [2.05, 4.69) is 0 Å². The normalized spacial score (nSPS) is 18.3. The fraction of sp³-hybridized carbons (Fsp3) is 0.846. The van der Waals surface area contributed by atoms with Gasteiger partial charge in [-0.1, -0.05) is 6.92 Å². The van der Waals surface area contributed by atoms with Gasteiger partial charge in [-0.05, 0) is 18.8 Å². The number of methoxy groups -OCH3 is 1. The molecule has 1 amide bonds. The average Bonchev–Trinajstić information content (AvgIpc) is 2.37. The fourth-order valence-electron chi connectivity index (χ4n) is 2.23. The first-order valence-corrected chi connectivity index (χ1v) is 6.63. The van der Waals surface area contributed by atoms with Gasteiger partial charge in [0.15, 0.2) is 0 Å². The molecule has 6 heteroatoms. The van der Waals surface area contributed by atoms with Crippen molar-refractivity contribution in [2.45, 2.75) is 32.3 Å². The Bertz CT molecular complexity index is 299. The molecule has 1 unspecified atom stereocenters. The van der Waals surface area contributed by atoms with Gasteiger partial charge in [0.2, 0.25) is 5.91 Å². The molecule has 110 valence electrons. The van der Waals surface area contributed by atoms with Crippen LogP contribution in [0.25, 0.3) is 0 Å². The predicted octanol–water partition coefficient (Wildman–Crippen LogP) is 0.751. The number of likely N-dealkylation sites (tertiary alicyclic amines) is 1. The second kappa shape index (κ2) is 8.12. The van der Waals surface area contributed by atoms with Crippen molar-refractivity contribution in [1.82, 2.24) is 4.90 Å². The molecular weight excluding hydrogens is 250 g/mol. The quantitative estimate of drug-likeness (QED) is 0.741. The Morgan fingerprint density at radius 1 is 1.37 bits per heavy atom. The second-order valence-electron chi connectivity index (χ2n) is 5.05. The van der Waals surface area contributed by atoms with Crippen molar-refractivity contribution in [1.29, 1.82) is 0 Å². The molecule has 0 aliphatic carbocycles. The summed E-state index contributed by atoms with van der Waals surface area (Å²) in [7, 11) is 1.63. The van der Waals surface area contributed by atoms with E-state index in [-0.39, 0.29) is 24.5 Å². The number of piperidine rings is 1. The van der Waals surface area contributed by atoms with Gasteiger partial charge in [-0.3, -0.25) is 4.79 Å². The number of ether oxygens (including phenoxy) is 2. The summed E-state index contributed by atoms with van der Waals surface area (Å²) in [5.74, 6) is -0.591. The summed E-state index contributed by atoms with van der Waals surface area (Å²) in [4.78, 5) is 24.2. The van der Waals surface area contributed by atoms with Crippen LogP contribution in [0.2, 0.25) is 0 Å². The molecule has 0 aromatic heterocycles. The zero-order valence-electron chi connectivity index (χ0n) is 11.6. The number of amides is 1. The Morgan fingerprint density at radius 3 is 2.53 bits per heavy atom. The van der Waals surface area contributed by atoms with E-state index in [1.165, 1.54) is 0 Å². The maximum Gasteiger partial charge on any atom is 0.329 e. The highest BCUT2D eigenvalue weighted by Crippen LogP contribution is 2.16. The molecule has 1 fully saturated rings. The fourth-order valence-corrected chi connectivity index (χ4v) is 2.23. The van der Waals surface area contributed by atoms with Crippen molar-refractivity contribution in [3.63, 3.8) is 0 Å². The summed E-state index contributed by atoms with van der Waals surface area (Å²) in [5.41, 5.74) is 0. The Labute approximate surface area is 113 Å². The number of carboxylic acids is 1. The van der Waals surface area contributed by atoms with Crippen LogP contribution in [0.1, 0.15) is 26.2 Å². The van der Waals surface area contributed by atoms with Crippen LogP contribution in [0, 0.1) is 5.92 Å². The van der Waals surface area contributed by atoms with E-state index in [1.54, 1.807) is 7.11 Å². The van der Waals surface area contributed by atoms with E-state index in [4.69, 9.17) is 14.6 Å². The van der Waals surface area contributed by atoms with Crippen LogP contribution in [0.3, 0.4) is 0 Å². The summed E-state index contributed by atoms with van der Waals surface area (Å²) >= 11 is 0. The van der Waals surface area contributed by atoms with Crippen LogP contribution < -0.4 is 0 Å². The minimum atomic E-state index is -0.952. The van der Waals surface area contributed by atoms with Crippen molar-refractivity contribution in [2.24, 2.45) is 5.92 Å². The van der Waals surface area contributed by atoms with Gasteiger partial charge in [0.05, 0.1) is 6.10 Å². The van der Waals surface area contributed by atoms with Crippen LogP contribution in [-0.2, 0) is 19.1 Å². The molecule has 6 nitrogen and oxygen atoms in total. The van der Waals surface area contributed by atoms with Crippen molar-refractivity contribution >= 4 is 11.9 Å². The Morgan fingerprint density at radius 2 is 2.00 bits per heavy atom. The molecule has 1 saturated heterocycles. The summed E-state index contributed by atoms with van der Waals surface area (Å²) in [6.07, 6.45) is 1.86. The maximum absolute atomic E-state index is 12.0. The third-order valence-corrected chi connectivity index (χ3v) is 3.21. The number of carboxylic acid groups (broad SMARTS) is 1. The molecule has 0 aromatic rings. The van der Waals surface area contributed by atoms with Crippen LogP contribution in [0.15, 0.2) is 0 Å². The Hall–Kier alpha value is -1.14. The zero-order chi connectivity index (χ0) is 14.3. The molecule has 0 saturated carbocycles. The SMILES string of the molecule is COCC(C)CC(=O)N1CCC(OCC(=O)O)CC1. The Kier molecular flexibility index (Phi) is 6.80. The maximum atomic E-state index is 12.0. The van der Waals surface area contributed by atoms with Crippen LogP contribution in [-0.4, -0.2) is 61.4 Å². The van der Waals surface area contributed by atoms with E-state index in [0.717, 1.165) is 0 Å². The van der Waals surface area contributed by atoms with Gasteiger partial charge in [-0.2, -0.15) is 0 Å². The lowest BCUT2D eigenvalue weighted by atomic mass is 10.0. The van der Waals surface area contributed by atoms with E-state index in [1.807, 2.05) is 11.8 Å². The third kappa shape index (κ3) is 6.02. The summed E-state index contributed by atoms with van der Waals surface area (Å²) in [5, 5.41) is 8.53. The lowest BCUT2D eigenvalue weighted by molar-refractivity contribution is -0.147. The summed E-state index contributed by atoms with van der Waals surface area (Å²) < 4.78 is 10.3. The van der Waals surface area contributed by atoms with Crippen molar-refractivity contribution < 1.29 is 24.2 Å². The standard InChI is InChI=1S/C13H23NO5/c1-10(8-18-2)7-12(15)14-5-3-11(4-6-14)19-9-13(16)17/h10-11H,3-9H2,1-2H3,(H,16,17). The smallest absolute Gasteiger partial charge is 0.329 e. The predicted molar refractivity (Wildman–Crippen MR) is 68.8 cm³/mol. The molecule has 0 spiro atoms. The molecule has 1 heterocycles. The van der Waals surface area contributed by atoms with E-state index < -0.39 is 5.97 Å². The monoisotopic (exact) mass is 273 g/mol. The topological polar surface area (TPSA) is 76.1 Å². The van der Waals surface area contributed by atoms with Crippen molar-refractivity contribution in [2.75, 3.05) is 33.4 Å². The first-order valence-electron chi connectivity index (χ1n) is 6.63. The molecule has 1 atom stereocenters. The number of hydrogen-bond donors (Lipinski definition) is 1. The molecular formula is C13H23NO5. The summed E-state index contributed by atoms with van der Waals surface area (Å²) in [6, 6.07) is 0. The van der Waals surface area contributed by atoms with Gasteiger partial charge >= 0.3 is 5.97 Å². The van der Waals surface area contributed by atoms with Gasteiger partial charge in [0, 0.05) is 33.2 Å². The van der Waals surface area contributed by atoms with Crippen LogP contribution in [0.4, 0.5) is 0 Å². The van der Waals surface area contributed by atoms with E-state index in [0.29, 0.717) is 39.0 Å². The van der Waals surface area contributed by atoms with Gasteiger partial charge in [-0.25, -0.2) is 4.79 Å². The highest BCUT2D eigenvalue weighted by Gasteiger charge is 2.24. The van der Waals surface area contributed by atoms with Crippen LogP contribution >= 0.6 is 0 Å². The number of rotatable bonds is 7. The molecule has 1 N–H and O–H groups in total. The minimum Gasteiger partial charge on any atom is -0.480 e. The highest BCUT2D eigenvalue weighted by molar-refractivity contribution is 5.76. The average molecular weight is 273 g/mol. The van der Waals surface area contributed by atoms with E-state index in [9.17, 15) is 9.59 Å². The highest BCUT2D eigenvalue weighted by atomic mass is 16.5. The van der Waals surface area contributed by atoms with E-state index >= 15 is 0 Å². The van der Waals surface area contributed by atoms with Gasteiger partial charge in [-0.15, -0.1) is 0 Å². The molecule has 19 heavy (non-hydrogen) atoms. The van der Waals surface area contributed by atoms with Crippen molar-refractivity contribution in [3.05, 3.63) is 0 Å². The Balaban J connectivity index is 2.25. The van der Waals surface area contributed by atoms with Gasteiger partial charge in [0.25, 0.3) is 0 Å². The molecule has 0 radical (unpaired) electrons. The largest absolute Gasteiger partial charge is 0.480 e. The third-order valence-electron chi connectivity index (χ3n) is 3.21. The lowest BCUT2D eigenvalue weighted by Gasteiger charge is -2.32. The minimum absolute atomic E-state index is 0.0449. The molecule has 0 aromatic carbocycles. The van der Waals surface area contributed by atoms with Gasteiger partial charge in [0.1, 0.15) is 6.61 Å². The zero-order valence-corrected chi connectivity index (χ0v) is 11.6. The number of nitrogens with zero attached hydrogens (tertiary/aromatic N) is 1. The number of hydrogen-bond acceptors (Lipinski definition) is 4. The lowest BCUT2D eigenvalue weighted by Crippen LogP contribution is -2.41. The first-order chi connectivity index (χ1) is 9.02. The molecule has 0 bridgehead atoms. The number of carbonyl (C=O) groups is 2. The first kappa shape index (κ1) is 15.9. The number of carbonyl (C=O) groups excluding carboxylic acids is 1. The second-order valence-corrected chi connectivity index (χ2v) is 5.05. The van der Waals surface area contributed by atoms with Crippen LogP contribution in [0.5, 0.6) is 0 Å². The molecule has 1 rings (SSSR count). The van der Waals surface area contributed by atoms with Gasteiger partial charge < -0.3 is 19.5 Å². The molecule has 1 aliphatic rings. The summed E-state index contributed by atoms with van der Waals surface area (Å²) in [6.45, 7) is 3.60.